The third kappa shape index (κ3) is 249. The van der Waals surface area contributed by atoms with Crippen LogP contribution in [-0.2, 0) is 43.0 Å². The summed E-state index contributed by atoms with van der Waals surface area (Å²) in [5.41, 5.74) is 0. The zero-order valence-electron chi connectivity index (χ0n) is 2.50. The number of rotatable bonds is 0. The van der Waals surface area contributed by atoms with Gasteiger partial charge in [0.2, 0.25) is 0 Å². The van der Waals surface area contributed by atoms with Crippen molar-refractivity contribution >= 4 is 0 Å². The van der Waals surface area contributed by atoms with Gasteiger partial charge in [0.1, 0.15) is 0 Å². The monoisotopic (exact) mass is 171 g/mol. The molecule has 0 aliphatic rings. The molecule has 1 radical (unpaired) electrons. The summed E-state index contributed by atoms with van der Waals surface area (Å²) < 4.78 is 33.1. The second-order valence-electron chi connectivity index (χ2n) is 0.396. The van der Waals surface area contributed by atoms with Crippen LogP contribution >= 0.6 is 0 Å². The van der Waals surface area contributed by atoms with Crippen molar-refractivity contribution in [1.82, 2.24) is 0 Å². The van der Waals surface area contributed by atoms with Crippen molar-refractivity contribution < 1.29 is 47.2 Å². The van der Waals surface area contributed by atoms with E-state index in [4.69, 9.17) is 15.7 Å². The van der Waals surface area contributed by atoms with Gasteiger partial charge >= 0.3 is 28.7 Å². The second-order valence-corrected chi connectivity index (χ2v) is 1.63. The van der Waals surface area contributed by atoms with Crippen molar-refractivity contribution in [2.24, 2.45) is 0 Å². The molecule has 0 saturated carbocycles. The van der Waals surface area contributed by atoms with Gasteiger partial charge in [-0.1, -0.05) is 0 Å². The molecule has 6 heavy (non-hydrogen) atoms. The van der Waals surface area contributed by atoms with E-state index in [1.807, 2.05) is 0 Å². The summed E-state index contributed by atoms with van der Waals surface area (Å²) in [4.78, 5) is 0. The Morgan fingerprint density at radius 2 is 1.17 bits per heavy atom. The molecule has 0 rings (SSSR count). The molecule has 0 saturated heterocycles. The molecule has 4 nitrogen and oxygen atoms in total. The first-order chi connectivity index (χ1) is 2.00. The normalized spacial score (nSPS) is 9.50. The molecule has 0 amide bonds. The third-order valence-corrected chi connectivity index (χ3v) is 0. The molecule has 0 spiro atoms. The Balaban J connectivity index is 0. The van der Waals surface area contributed by atoms with Crippen molar-refractivity contribution in [2.75, 3.05) is 0 Å². The quantitative estimate of drug-likeness (QED) is 0.478. The minimum absolute atomic E-state index is 0. The van der Waals surface area contributed by atoms with Crippen molar-refractivity contribution in [3.05, 3.63) is 0 Å². The fourth-order valence-electron chi connectivity index (χ4n) is 0. The second kappa shape index (κ2) is 2.61. The molecule has 0 bridgehead atoms. The molecule has 1 N–H and O–H groups in total. The van der Waals surface area contributed by atoms with Crippen molar-refractivity contribution in [2.45, 2.75) is 0 Å². The van der Waals surface area contributed by atoms with Gasteiger partial charge in [-0.15, -0.1) is 0 Å². The van der Waals surface area contributed by atoms with Gasteiger partial charge in [-0.3, -0.25) is 0 Å². The van der Waals surface area contributed by atoms with Gasteiger partial charge in [-0.05, 0) is 0 Å². The molecule has 0 fully saturated rings. The Morgan fingerprint density at radius 3 is 1.17 bits per heavy atom. The summed E-state index contributed by atoms with van der Waals surface area (Å²) in [6.07, 6.45) is 0. The van der Waals surface area contributed by atoms with Crippen molar-refractivity contribution in [3.8, 4) is 0 Å². The summed E-state index contributed by atoms with van der Waals surface area (Å²) in [6.45, 7) is 0. The Kier molecular flexibility index (Phi) is 4.21. The molecule has 37 valence electrons. The summed E-state index contributed by atoms with van der Waals surface area (Å²) in [5.74, 6) is 0. The van der Waals surface area contributed by atoms with Gasteiger partial charge in [0.15, 0.2) is 0 Å². The van der Waals surface area contributed by atoms with Crippen molar-refractivity contribution in [3.63, 3.8) is 0 Å². The predicted octanol–water partition coefficient (Wildman–Crippen LogP) is -0.918. The van der Waals surface area contributed by atoms with Gasteiger partial charge in [-0.25, -0.2) is 0 Å². The maximum Gasteiger partial charge on any atom is 0 e. The maximum absolute atomic E-state index is 8.69. The van der Waals surface area contributed by atoms with E-state index in [0.29, 0.717) is 0 Å². The van der Waals surface area contributed by atoms with Gasteiger partial charge < -0.3 is 0 Å². The van der Waals surface area contributed by atoms with Gasteiger partial charge in [-0.2, -0.15) is 0 Å². The van der Waals surface area contributed by atoms with Gasteiger partial charge in [0, 0.05) is 18.6 Å². The van der Waals surface area contributed by atoms with E-state index in [2.05, 4.69) is 0 Å². The molecule has 0 atom stereocenters. The zero-order chi connectivity index (χ0) is 4.50. The van der Waals surface area contributed by atoms with E-state index in [9.17, 15) is 0 Å². The molecular weight excluding hydrogens is 170 g/mol. The first kappa shape index (κ1) is 9.68. The van der Waals surface area contributed by atoms with Crippen LogP contribution in [0.2, 0.25) is 0 Å². The van der Waals surface area contributed by atoms with E-state index in [-0.39, 0.29) is 18.6 Å². The molecule has 0 heterocycles. The molecule has 0 unspecified atom stereocenters. The van der Waals surface area contributed by atoms with E-state index in [1.165, 1.54) is 0 Å². The van der Waals surface area contributed by atoms with Crippen LogP contribution in [0.4, 0.5) is 0 Å². The van der Waals surface area contributed by atoms with E-state index in [0.717, 1.165) is 0 Å². The smallest absolute Gasteiger partial charge is 0 e. The van der Waals surface area contributed by atoms with Crippen LogP contribution in [0.3, 0.4) is 0 Å². The summed E-state index contributed by atoms with van der Waals surface area (Å²) in [6, 6.07) is 0. The van der Waals surface area contributed by atoms with Gasteiger partial charge in [0.25, 0.3) is 0 Å². The fourth-order valence-corrected chi connectivity index (χ4v) is 0. The Morgan fingerprint density at radius 1 is 1.17 bits per heavy atom. The maximum atomic E-state index is 8.69. The molecule has 0 aromatic rings. The predicted molar refractivity (Wildman–Crippen MR) is 4.28 cm³/mol. The third-order valence-electron chi connectivity index (χ3n) is 0. The molecular formula is HMnO4V. The van der Waals surface area contributed by atoms with Crippen LogP contribution in [0.1, 0.15) is 0 Å². The van der Waals surface area contributed by atoms with Crippen LogP contribution in [0.15, 0.2) is 0 Å². The molecule has 0 aromatic heterocycles. The standard InChI is InChI=1S/Mn.H2O.3O.V/h;1H2;;;;/q+1;;;;;/p-1. The Hall–Kier alpha value is 0.464. The molecule has 0 aromatic carbocycles. The SMILES string of the molecule is [O]=[Mn](=[O])(=[O])[OH].[V]. The van der Waals surface area contributed by atoms with E-state index in [1.54, 1.807) is 0 Å². The minimum Gasteiger partial charge on any atom is 0 e. The first-order valence-corrected chi connectivity index (χ1v) is 2.61. The summed E-state index contributed by atoms with van der Waals surface area (Å²) >= 11 is -5.38. The summed E-state index contributed by atoms with van der Waals surface area (Å²) in [7, 11) is 0. The van der Waals surface area contributed by atoms with Crippen molar-refractivity contribution in [1.29, 1.82) is 0 Å². The average molecular weight is 171 g/mol. The molecule has 0 aliphatic carbocycles. The Labute approximate surface area is 47.6 Å². The van der Waals surface area contributed by atoms with Crippen LogP contribution < -0.4 is 0 Å². The molecule has 0 aliphatic heterocycles. The van der Waals surface area contributed by atoms with Crippen LogP contribution in [0, 0.1) is 0 Å². The summed E-state index contributed by atoms with van der Waals surface area (Å²) in [5, 5.41) is 0. The number of hydrogen-bond donors (Lipinski definition) is 1. The first-order valence-electron chi connectivity index (χ1n) is 0.632. The van der Waals surface area contributed by atoms with Crippen LogP contribution in [-0.4, -0.2) is 4.19 Å². The van der Waals surface area contributed by atoms with E-state index < -0.39 is 13.0 Å². The topological polar surface area (TPSA) is 71.4 Å². The fraction of sp³-hybridized carbons (Fsp3) is 0. The Bertz CT molecular complexity index is 129. The zero-order valence-corrected chi connectivity index (χ0v) is 5.07. The van der Waals surface area contributed by atoms with Crippen LogP contribution in [0.5, 0.6) is 0 Å². The average Bonchev–Trinajstić information content (AvgIpc) is 0.722. The largest absolute Gasteiger partial charge is 0 e. The number of hydrogen-bond acceptors (Lipinski definition) is 3. The van der Waals surface area contributed by atoms with E-state index >= 15 is 0 Å². The van der Waals surface area contributed by atoms with Crippen LogP contribution in [0.25, 0.3) is 0 Å². The van der Waals surface area contributed by atoms with Gasteiger partial charge in [0.05, 0.1) is 0 Å². The minimum atomic E-state index is -5.38. The molecule has 6 heteroatoms.